The van der Waals surface area contributed by atoms with E-state index < -0.39 is 35.6 Å². The van der Waals surface area contributed by atoms with Gasteiger partial charge >= 0.3 is 0 Å². The maximum Gasteiger partial charge on any atom is 0.277 e. The molecule has 38 heavy (non-hydrogen) atoms. The normalized spacial score (nSPS) is 26.7. The van der Waals surface area contributed by atoms with E-state index in [1.807, 2.05) is 74.5 Å². The second-order valence-corrected chi connectivity index (χ2v) is 14.4. The molecule has 6 nitrogen and oxygen atoms in total. The Morgan fingerprint density at radius 1 is 0.737 bits per heavy atom. The Kier molecular flexibility index (Phi) is 6.46. The molecular formula is C30H32O6S2. The van der Waals surface area contributed by atoms with Gasteiger partial charge in [0.25, 0.3) is 20.2 Å². The lowest BCUT2D eigenvalue weighted by Crippen LogP contribution is -2.65. The molecular weight excluding hydrogens is 520 g/mol. The molecule has 0 spiro atoms. The Hall–Kier alpha value is -2.78. The van der Waals surface area contributed by atoms with Crippen LogP contribution < -0.4 is 0 Å². The molecule has 1 saturated carbocycles. The Balaban J connectivity index is 2.07. The standard InChI is InChI=1S/C30H32O6S2/c1-20(2)23-18-19-29(3,37(31,32)33)30(38(34,35)36,27-17-9-13-22-11-5-7-15-25(22)27)28(23)26-16-8-12-21-10-4-6-14-24(21)26/h4-17,20,23,28H,18-19H2,1-3H3,(H,31,32,33)(H,34,35,36). The fraction of sp³-hybridized carbons (Fsp3) is 0.333. The lowest BCUT2D eigenvalue weighted by Gasteiger charge is -2.56. The van der Waals surface area contributed by atoms with Gasteiger partial charge in [0.1, 0.15) is 4.75 Å². The molecule has 1 fully saturated rings. The molecule has 4 aromatic rings. The van der Waals surface area contributed by atoms with Crippen molar-refractivity contribution in [2.24, 2.45) is 11.8 Å². The van der Waals surface area contributed by atoms with Crippen molar-refractivity contribution in [3.8, 4) is 0 Å². The summed E-state index contributed by atoms with van der Waals surface area (Å²) in [5.41, 5.74) is 0.795. The molecule has 8 heteroatoms. The minimum atomic E-state index is -5.19. The number of hydrogen-bond acceptors (Lipinski definition) is 4. The van der Waals surface area contributed by atoms with E-state index in [1.54, 1.807) is 24.3 Å². The van der Waals surface area contributed by atoms with Crippen LogP contribution in [0, 0.1) is 11.8 Å². The Morgan fingerprint density at radius 2 is 1.26 bits per heavy atom. The number of hydrogen-bond donors (Lipinski definition) is 2. The van der Waals surface area contributed by atoms with Crippen LogP contribution in [-0.4, -0.2) is 30.7 Å². The molecule has 0 heterocycles. The zero-order chi connectivity index (χ0) is 27.5. The van der Waals surface area contributed by atoms with Crippen LogP contribution in [0.25, 0.3) is 21.5 Å². The average Bonchev–Trinajstić information content (AvgIpc) is 2.86. The van der Waals surface area contributed by atoms with Gasteiger partial charge in [0.15, 0.2) is 4.75 Å². The van der Waals surface area contributed by atoms with Gasteiger partial charge in [0, 0.05) is 5.92 Å². The van der Waals surface area contributed by atoms with E-state index in [1.165, 1.54) is 6.92 Å². The second-order valence-electron chi connectivity index (χ2n) is 10.9. The summed E-state index contributed by atoms with van der Waals surface area (Å²) in [6, 6.07) is 25.3. The maximum absolute atomic E-state index is 14.1. The summed E-state index contributed by atoms with van der Waals surface area (Å²) in [7, 11) is -10.2. The first kappa shape index (κ1) is 26.8. The molecule has 1 aliphatic rings. The van der Waals surface area contributed by atoms with E-state index >= 15 is 0 Å². The van der Waals surface area contributed by atoms with Crippen LogP contribution in [0.3, 0.4) is 0 Å². The third-order valence-corrected chi connectivity index (χ3v) is 12.3. The van der Waals surface area contributed by atoms with Crippen LogP contribution in [-0.2, 0) is 25.0 Å². The highest BCUT2D eigenvalue weighted by atomic mass is 32.2. The summed E-state index contributed by atoms with van der Waals surface area (Å²) < 4.78 is 72.5. The minimum absolute atomic E-state index is 0.0546. The molecule has 200 valence electrons. The van der Waals surface area contributed by atoms with E-state index in [-0.39, 0.29) is 23.8 Å². The van der Waals surface area contributed by atoms with Crippen LogP contribution in [0.15, 0.2) is 84.9 Å². The fourth-order valence-corrected chi connectivity index (χ4v) is 10.4. The lowest BCUT2D eigenvalue weighted by molar-refractivity contribution is 0.140. The van der Waals surface area contributed by atoms with Crippen molar-refractivity contribution in [1.82, 2.24) is 0 Å². The Labute approximate surface area is 224 Å². The Morgan fingerprint density at radius 3 is 1.84 bits per heavy atom. The molecule has 5 rings (SSSR count). The first-order valence-electron chi connectivity index (χ1n) is 12.7. The quantitative estimate of drug-likeness (QED) is 0.271. The van der Waals surface area contributed by atoms with Gasteiger partial charge in [-0.25, -0.2) is 0 Å². The minimum Gasteiger partial charge on any atom is -0.285 e. The lowest BCUT2D eigenvalue weighted by atomic mass is 9.58. The predicted molar refractivity (Wildman–Crippen MR) is 151 cm³/mol. The molecule has 4 aromatic carbocycles. The SMILES string of the molecule is CC(C)C1CCC(C)(S(=O)(=O)O)C(c2cccc3ccccc23)(S(=O)(=O)O)C1c1cccc2ccccc12. The average molecular weight is 553 g/mol. The van der Waals surface area contributed by atoms with E-state index in [4.69, 9.17) is 0 Å². The third-order valence-electron chi connectivity index (χ3n) is 8.79. The molecule has 2 N–H and O–H groups in total. The van der Waals surface area contributed by atoms with Crippen molar-refractivity contribution < 1.29 is 25.9 Å². The third kappa shape index (κ3) is 3.72. The van der Waals surface area contributed by atoms with Crippen LogP contribution in [0.4, 0.5) is 0 Å². The van der Waals surface area contributed by atoms with E-state index in [2.05, 4.69) is 0 Å². The van der Waals surface area contributed by atoms with Gasteiger partial charge in [-0.3, -0.25) is 9.11 Å². The molecule has 0 radical (unpaired) electrons. The van der Waals surface area contributed by atoms with Gasteiger partial charge in [-0.2, -0.15) is 16.8 Å². The summed E-state index contributed by atoms with van der Waals surface area (Å²) in [5.74, 6) is -1.37. The molecule has 0 aliphatic heterocycles. The van der Waals surface area contributed by atoms with Crippen molar-refractivity contribution >= 4 is 41.8 Å². The topological polar surface area (TPSA) is 109 Å². The highest BCUT2D eigenvalue weighted by Crippen LogP contribution is 2.64. The Bertz CT molecular complexity index is 1730. The molecule has 0 aromatic heterocycles. The predicted octanol–water partition coefficient (Wildman–Crippen LogP) is 6.57. The summed E-state index contributed by atoms with van der Waals surface area (Å²) >= 11 is 0. The van der Waals surface area contributed by atoms with Crippen molar-refractivity contribution in [3.63, 3.8) is 0 Å². The molecule has 0 saturated heterocycles. The van der Waals surface area contributed by atoms with Crippen LogP contribution in [0.2, 0.25) is 0 Å². The molecule has 4 atom stereocenters. The monoisotopic (exact) mass is 552 g/mol. The highest BCUT2D eigenvalue weighted by molar-refractivity contribution is 7.91. The highest BCUT2D eigenvalue weighted by Gasteiger charge is 2.72. The maximum atomic E-state index is 14.1. The first-order chi connectivity index (χ1) is 17.8. The first-order valence-corrected chi connectivity index (χ1v) is 15.6. The van der Waals surface area contributed by atoms with E-state index in [0.717, 1.165) is 10.8 Å². The van der Waals surface area contributed by atoms with E-state index in [9.17, 15) is 25.9 Å². The number of fused-ring (bicyclic) bond motifs is 2. The van der Waals surface area contributed by atoms with Crippen molar-refractivity contribution in [2.75, 3.05) is 0 Å². The van der Waals surface area contributed by atoms with Crippen LogP contribution >= 0.6 is 0 Å². The van der Waals surface area contributed by atoms with Gasteiger partial charge in [-0.15, -0.1) is 0 Å². The molecule has 0 bridgehead atoms. The van der Waals surface area contributed by atoms with Crippen molar-refractivity contribution in [1.29, 1.82) is 0 Å². The summed E-state index contributed by atoms with van der Waals surface area (Å²) in [6.45, 7) is 5.24. The summed E-state index contributed by atoms with van der Waals surface area (Å²) in [5, 5.41) is 2.86. The van der Waals surface area contributed by atoms with Crippen molar-refractivity contribution in [2.45, 2.75) is 49.0 Å². The largest absolute Gasteiger partial charge is 0.285 e. The smallest absolute Gasteiger partial charge is 0.277 e. The number of rotatable bonds is 5. The second kappa shape index (κ2) is 9.16. The fourth-order valence-electron chi connectivity index (χ4n) is 7.01. The zero-order valence-corrected chi connectivity index (χ0v) is 23.2. The molecule has 0 amide bonds. The van der Waals surface area contributed by atoms with Gasteiger partial charge in [0.2, 0.25) is 0 Å². The van der Waals surface area contributed by atoms with Gasteiger partial charge < -0.3 is 0 Å². The van der Waals surface area contributed by atoms with Gasteiger partial charge in [-0.1, -0.05) is 98.8 Å². The molecule has 1 aliphatic carbocycles. The van der Waals surface area contributed by atoms with Gasteiger partial charge in [-0.05, 0) is 64.3 Å². The van der Waals surface area contributed by atoms with Gasteiger partial charge in [0.05, 0.1) is 0 Å². The molecule has 4 unspecified atom stereocenters. The van der Waals surface area contributed by atoms with E-state index in [0.29, 0.717) is 22.8 Å². The van der Waals surface area contributed by atoms with Crippen molar-refractivity contribution in [3.05, 3.63) is 96.1 Å². The summed E-state index contributed by atoms with van der Waals surface area (Å²) in [4.78, 5) is 0. The zero-order valence-electron chi connectivity index (χ0n) is 21.6. The summed E-state index contributed by atoms with van der Waals surface area (Å²) in [6.07, 6.45) is 0.211. The van der Waals surface area contributed by atoms with Crippen LogP contribution in [0.5, 0.6) is 0 Å². The number of benzene rings is 4. The van der Waals surface area contributed by atoms with Crippen LogP contribution in [0.1, 0.15) is 50.7 Å².